The van der Waals surface area contributed by atoms with Crippen LogP contribution in [-0.4, -0.2) is 67.6 Å². The maximum absolute atomic E-state index is 12.7. The molecular formula is C25H31N3O4. The molecule has 32 heavy (non-hydrogen) atoms. The van der Waals surface area contributed by atoms with Crippen molar-refractivity contribution >= 4 is 11.8 Å². The van der Waals surface area contributed by atoms with Crippen molar-refractivity contribution in [2.45, 2.75) is 18.9 Å². The fourth-order valence-electron chi connectivity index (χ4n) is 5.34. The van der Waals surface area contributed by atoms with Gasteiger partial charge >= 0.3 is 0 Å². The Kier molecular flexibility index (Phi) is 6.28. The predicted molar refractivity (Wildman–Crippen MR) is 119 cm³/mol. The molecule has 0 aliphatic carbocycles. The molecule has 7 nitrogen and oxygen atoms in total. The molecule has 1 aromatic heterocycles. The number of nitrogens with one attached hydrogen (secondary N) is 1. The Morgan fingerprint density at radius 2 is 1.81 bits per heavy atom. The Hall–Kier alpha value is -2.64. The summed E-state index contributed by atoms with van der Waals surface area (Å²) < 4.78 is 10.7. The molecule has 3 aliphatic rings. The Balaban J connectivity index is 1.15. The van der Waals surface area contributed by atoms with E-state index in [1.165, 1.54) is 0 Å². The Bertz CT molecular complexity index is 897. The highest BCUT2D eigenvalue weighted by Gasteiger charge is 2.42. The summed E-state index contributed by atoms with van der Waals surface area (Å²) in [7, 11) is 0. The van der Waals surface area contributed by atoms with E-state index < -0.39 is 0 Å². The normalized spacial score (nSPS) is 26.2. The molecular weight excluding hydrogens is 406 g/mol. The number of carbonyl (C=O) groups excluding carboxylic acids is 2. The summed E-state index contributed by atoms with van der Waals surface area (Å²) in [6, 6.07) is 13.7. The van der Waals surface area contributed by atoms with Crippen LogP contribution in [0.5, 0.6) is 0 Å². The Labute approximate surface area is 188 Å². The lowest BCUT2D eigenvalue weighted by Crippen LogP contribution is -2.37. The first-order valence-corrected chi connectivity index (χ1v) is 11.7. The van der Waals surface area contributed by atoms with Crippen LogP contribution in [-0.2, 0) is 9.53 Å². The molecule has 4 heterocycles. The van der Waals surface area contributed by atoms with Crippen molar-refractivity contribution in [3.63, 3.8) is 0 Å². The number of furan rings is 1. The van der Waals surface area contributed by atoms with Crippen molar-refractivity contribution in [1.82, 2.24) is 15.1 Å². The van der Waals surface area contributed by atoms with Crippen LogP contribution in [0.3, 0.4) is 0 Å². The van der Waals surface area contributed by atoms with E-state index in [-0.39, 0.29) is 23.8 Å². The zero-order valence-electron chi connectivity index (χ0n) is 18.3. The largest absolute Gasteiger partial charge is 0.459 e. The van der Waals surface area contributed by atoms with Gasteiger partial charge in [0.15, 0.2) is 5.76 Å². The number of benzene rings is 1. The molecule has 3 unspecified atom stereocenters. The molecule has 0 saturated carbocycles. The van der Waals surface area contributed by atoms with Crippen LogP contribution in [0.15, 0.2) is 53.1 Å². The summed E-state index contributed by atoms with van der Waals surface area (Å²) in [5.41, 5.74) is 1.15. The maximum atomic E-state index is 12.7. The lowest BCUT2D eigenvalue weighted by Gasteiger charge is -2.25. The van der Waals surface area contributed by atoms with Crippen molar-refractivity contribution in [3.8, 4) is 0 Å². The average molecular weight is 438 g/mol. The molecule has 2 amide bonds. The van der Waals surface area contributed by atoms with Gasteiger partial charge < -0.3 is 24.3 Å². The van der Waals surface area contributed by atoms with Gasteiger partial charge in [-0.05, 0) is 42.4 Å². The number of ether oxygens (including phenoxy) is 1. The van der Waals surface area contributed by atoms with Crippen LogP contribution in [0.1, 0.15) is 35.0 Å². The first-order valence-electron chi connectivity index (χ1n) is 11.7. The van der Waals surface area contributed by atoms with Crippen molar-refractivity contribution in [2.24, 2.45) is 17.8 Å². The van der Waals surface area contributed by atoms with Crippen molar-refractivity contribution in [1.29, 1.82) is 0 Å². The van der Waals surface area contributed by atoms with Gasteiger partial charge in [0.25, 0.3) is 5.91 Å². The second-order valence-electron chi connectivity index (χ2n) is 9.29. The number of carbonyl (C=O) groups is 2. The standard InChI is InChI=1S/C25H31N3O4/c29-24(19-9-12-31-17-19)26-22(18-5-2-1-3-6-18)8-10-27-13-20-15-28(16-21(20)14-27)25(30)23-7-4-11-32-23/h1-7,11,19-22H,8-10,12-17H2,(H,26,29)/t19?,20-,21?,22?/m0/s1. The lowest BCUT2D eigenvalue weighted by atomic mass is 10.0. The van der Waals surface area contributed by atoms with Gasteiger partial charge in [-0.2, -0.15) is 0 Å². The van der Waals surface area contributed by atoms with Crippen LogP contribution < -0.4 is 5.32 Å². The zero-order chi connectivity index (χ0) is 21.9. The zero-order valence-corrected chi connectivity index (χ0v) is 18.3. The number of fused-ring (bicyclic) bond motifs is 1. The number of hydrogen-bond acceptors (Lipinski definition) is 5. The van der Waals surface area contributed by atoms with Crippen LogP contribution in [0.2, 0.25) is 0 Å². The highest BCUT2D eigenvalue weighted by atomic mass is 16.5. The van der Waals surface area contributed by atoms with E-state index in [0.29, 0.717) is 30.8 Å². The molecule has 3 fully saturated rings. The van der Waals surface area contributed by atoms with Gasteiger partial charge in [0.1, 0.15) is 0 Å². The smallest absolute Gasteiger partial charge is 0.289 e. The number of amides is 2. The number of nitrogens with zero attached hydrogens (tertiary/aromatic N) is 2. The summed E-state index contributed by atoms with van der Waals surface area (Å²) >= 11 is 0. The van der Waals surface area contributed by atoms with Crippen molar-refractivity contribution in [2.75, 3.05) is 45.9 Å². The first-order chi connectivity index (χ1) is 15.7. The molecule has 3 aliphatic heterocycles. The van der Waals surface area contributed by atoms with Gasteiger partial charge in [0.2, 0.25) is 5.91 Å². The fraction of sp³-hybridized carbons (Fsp3) is 0.520. The maximum Gasteiger partial charge on any atom is 0.289 e. The molecule has 1 N–H and O–H groups in total. The van der Waals surface area contributed by atoms with Crippen molar-refractivity contribution < 1.29 is 18.7 Å². The summed E-state index contributed by atoms with van der Waals surface area (Å²) in [6.45, 7) is 5.71. The Morgan fingerprint density at radius 1 is 1.03 bits per heavy atom. The predicted octanol–water partition coefficient (Wildman–Crippen LogP) is 2.57. The molecule has 0 bridgehead atoms. The number of hydrogen-bond donors (Lipinski definition) is 1. The van der Waals surface area contributed by atoms with E-state index in [1.807, 2.05) is 23.1 Å². The molecule has 1 aromatic carbocycles. The van der Waals surface area contributed by atoms with Crippen LogP contribution >= 0.6 is 0 Å². The molecule has 4 atom stereocenters. The minimum atomic E-state index is -0.0370. The van der Waals surface area contributed by atoms with Gasteiger partial charge in [0, 0.05) is 39.3 Å². The minimum Gasteiger partial charge on any atom is -0.459 e. The van der Waals surface area contributed by atoms with E-state index in [1.54, 1.807) is 18.4 Å². The van der Waals surface area contributed by atoms with Gasteiger partial charge in [-0.1, -0.05) is 30.3 Å². The van der Waals surface area contributed by atoms with E-state index in [4.69, 9.17) is 9.15 Å². The van der Waals surface area contributed by atoms with E-state index in [9.17, 15) is 9.59 Å². The van der Waals surface area contributed by atoms with E-state index in [2.05, 4.69) is 22.3 Å². The number of rotatable bonds is 7. The fourth-order valence-corrected chi connectivity index (χ4v) is 5.34. The van der Waals surface area contributed by atoms with E-state index >= 15 is 0 Å². The van der Waals surface area contributed by atoms with Crippen LogP contribution in [0, 0.1) is 17.8 Å². The quantitative estimate of drug-likeness (QED) is 0.721. The van der Waals surface area contributed by atoms with Gasteiger partial charge in [-0.3, -0.25) is 9.59 Å². The van der Waals surface area contributed by atoms with E-state index in [0.717, 1.165) is 51.1 Å². The second kappa shape index (κ2) is 9.46. The molecule has 7 heteroatoms. The summed E-state index contributed by atoms with van der Waals surface area (Å²) in [5.74, 6) is 1.50. The first kappa shape index (κ1) is 21.2. The van der Waals surface area contributed by atoms with Gasteiger partial charge in [-0.25, -0.2) is 0 Å². The lowest BCUT2D eigenvalue weighted by molar-refractivity contribution is -0.125. The van der Waals surface area contributed by atoms with Gasteiger partial charge in [-0.15, -0.1) is 0 Å². The van der Waals surface area contributed by atoms with Crippen LogP contribution in [0.25, 0.3) is 0 Å². The Morgan fingerprint density at radius 3 is 2.47 bits per heavy atom. The third-order valence-corrected chi connectivity index (χ3v) is 7.13. The summed E-state index contributed by atoms with van der Waals surface area (Å²) in [6.07, 6.45) is 3.22. The molecule has 0 spiro atoms. The molecule has 170 valence electrons. The molecule has 3 saturated heterocycles. The second-order valence-corrected chi connectivity index (χ2v) is 9.29. The average Bonchev–Trinajstić information content (AvgIpc) is 3.60. The topological polar surface area (TPSA) is 75.0 Å². The third-order valence-electron chi connectivity index (χ3n) is 7.13. The summed E-state index contributed by atoms with van der Waals surface area (Å²) in [5, 5.41) is 3.28. The highest BCUT2D eigenvalue weighted by Crippen LogP contribution is 2.32. The molecule has 0 radical (unpaired) electrons. The van der Waals surface area contributed by atoms with Crippen LogP contribution in [0.4, 0.5) is 0 Å². The minimum absolute atomic E-state index is 0.00121. The third kappa shape index (κ3) is 4.59. The summed E-state index contributed by atoms with van der Waals surface area (Å²) in [4.78, 5) is 29.7. The molecule has 5 rings (SSSR count). The SMILES string of the molecule is O=C(NC(CCN1CC2CN(C(=O)c3ccco3)C[C@@H]2C1)c1ccccc1)C1CCOC1. The number of likely N-dealkylation sites (tertiary alicyclic amines) is 2. The van der Waals surface area contributed by atoms with Crippen molar-refractivity contribution in [3.05, 3.63) is 60.1 Å². The highest BCUT2D eigenvalue weighted by molar-refractivity contribution is 5.91. The van der Waals surface area contributed by atoms with Gasteiger partial charge in [0.05, 0.1) is 24.8 Å². The monoisotopic (exact) mass is 437 g/mol. The molecule has 2 aromatic rings.